The molecule has 0 aliphatic heterocycles. The van der Waals surface area contributed by atoms with E-state index in [1.807, 2.05) is 0 Å². The molecule has 0 aliphatic rings. The summed E-state index contributed by atoms with van der Waals surface area (Å²) in [6, 6.07) is 0.581. The Morgan fingerprint density at radius 1 is 1.23 bits per heavy atom. The maximum atomic E-state index is 5.16. The molecule has 0 heterocycles. The van der Waals surface area contributed by atoms with E-state index in [-0.39, 0.29) is 0 Å². The Labute approximate surface area is 83.3 Å². The summed E-state index contributed by atoms with van der Waals surface area (Å²) in [6.45, 7) is 5.16. The molecule has 0 spiro atoms. The molecule has 0 unspecified atom stereocenters. The van der Waals surface area contributed by atoms with Crippen LogP contribution in [-0.2, 0) is 0 Å². The summed E-state index contributed by atoms with van der Waals surface area (Å²) in [4.78, 5) is 0. The summed E-state index contributed by atoms with van der Waals surface area (Å²) in [5.74, 6) is 2.60. The summed E-state index contributed by atoms with van der Waals surface area (Å²) in [5.41, 5.74) is 0. The summed E-state index contributed by atoms with van der Waals surface area (Å²) < 4.78 is 0. The number of terminal acetylenes is 1. The fourth-order valence-electron chi connectivity index (χ4n) is 1.39. The van der Waals surface area contributed by atoms with Crippen molar-refractivity contribution < 1.29 is 0 Å². The number of unbranched alkanes of at least 4 members (excludes halogenated alkanes) is 4. The average Bonchev–Trinajstić information content (AvgIpc) is 2.14. The predicted octanol–water partition coefficient (Wildman–Crippen LogP) is 2.96. The van der Waals surface area contributed by atoms with Crippen LogP contribution >= 0.6 is 0 Å². The summed E-state index contributed by atoms with van der Waals surface area (Å²) in [5, 5.41) is 3.29. The Morgan fingerprint density at radius 3 is 2.54 bits per heavy atom. The molecule has 13 heavy (non-hydrogen) atoms. The molecule has 0 saturated carbocycles. The number of hydrogen-bond acceptors (Lipinski definition) is 1. The topological polar surface area (TPSA) is 12.0 Å². The van der Waals surface area contributed by atoms with Gasteiger partial charge < -0.3 is 5.32 Å². The van der Waals surface area contributed by atoms with Gasteiger partial charge >= 0.3 is 0 Å². The van der Waals surface area contributed by atoms with Gasteiger partial charge in [0.2, 0.25) is 0 Å². The third-order valence-corrected chi connectivity index (χ3v) is 2.29. The van der Waals surface area contributed by atoms with Crippen LogP contribution in [0.2, 0.25) is 0 Å². The second-order valence-corrected chi connectivity index (χ2v) is 3.69. The maximum absolute atomic E-state index is 5.16. The minimum Gasteiger partial charge on any atom is -0.304 e. The third-order valence-electron chi connectivity index (χ3n) is 2.29. The third kappa shape index (κ3) is 9.43. The monoisotopic (exact) mass is 181 g/mol. The minimum atomic E-state index is 0.581. The summed E-state index contributed by atoms with van der Waals surface area (Å²) in [6.07, 6.45) is 13.2. The van der Waals surface area contributed by atoms with E-state index in [0.29, 0.717) is 12.6 Å². The van der Waals surface area contributed by atoms with E-state index in [1.54, 1.807) is 0 Å². The van der Waals surface area contributed by atoms with Crippen molar-refractivity contribution in [3.05, 3.63) is 0 Å². The molecule has 1 N–H and O–H groups in total. The zero-order valence-electron chi connectivity index (χ0n) is 9.10. The normalized spacial score (nSPS) is 12.4. The molecule has 0 rings (SSSR count). The van der Waals surface area contributed by atoms with Gasteiger partial charge in [-0.3, -0.25) is 0 Å². The Balaban J connectivity index is 3.08. The molecule has 76 valence electrons. The van der Waals surface area contributed by atoms with E-state index in [2.05, 4.69) is 25.1 Å². The van der Waals surface area contributed by atoms with Crippen LogP contribution in [0.15, 0.2) is 0 Å². The van der Waals surface area contributed by atoms with Gasteiger partial charge in [-0.25, -0.2) is 0 Å². The van der Waals surface area contributed by atoms with Crippen molar-refractivity contribution in [1.82, 2.24) is 5.32 Å². The molecule has 0 bridgehead atoms. The molecule has 0 aromatic carbocycles. The molecule has 0 amide bonds. The van der Waals surface area contributed by atoms with Crippen molar-refractivity contribution in [2.45, 2.75) is 58.4 Å². The van der Waals surface area contributed by atoms with Crippen LogP contribution in [0.25, 0.3) is 0 Å². The molecular weight excluding hydrogens is 158 g/mol. The number of hydrogen-bond donors (Lipinski definition) is 1. The van der Waals surface area contributed by atoms with Crippen LogP contribution in [0.5, 0.6) is 0 Å². The largest absolute Gasteiger partial charge is 0.304 e. The summed E-state index contributed by atoms with van der Waals surface area (Å²) in [7, 11) is 0. The Morgan fingerprint density at radius 2 is 1.92 bits per heavy atom. The van der Waals surface area contributed by atoms with Gasteiger partial charge in [0, 0.05) is 6.04 Å². The second kappa shape index (κ2) is 9.61. The Kier molecular flexibility index (Phi) is 9.25. The van der Waals surface area contributed by atoms with Gasteiger partial charge in [-0.1, -0.05) is 44.9 Å². The maximum Gasteiger partial charge on any atom is 0.0575 e. The highest BCUT2D eigenvalue weighted by Gasteiger charge is 1.98. The molecule has 0 saturated heterocycles. The predicted molar refractivity (Wildman–Crippen MR) is 59.7 cm³/mol. The van der Waals surface area contributed by atoms with Gasteiger partial charge in [0.15, 0.2) is 0 Å². The fraction of sp³-hybridized carbons (Fsp3) is 0.833. The van der Waals surface area contributed by atoms with Crippen LogP contribution in [-0.4, -0.2) is 12.6 Å². The van der Waals surface area contributed by atoms with Crippen molar-refractivity contribution in [1.29, 1.82) is 0 Å². The van der Waals surface area contributed by atoms with E-state index >= 15 is 0 Å². The van der Waals surface area contributed by atoms with Gasteiger partial charge in [-0.2, -0.15) is 0 Å². The van der Waals surface area contributed by atoms with Gasteiger partial charge in [0.1, 0.15) is 0 Å². The molecule has 0 aromatic rings. The first-order valence-electron chi connectivity index (χ1n) is 5.48. The van der Waals surface area contributed by atoms with E-state index < -0.39 is 0 Å². The van der Waals surface area contributed by atoms with E-state index in [1.165, 1.54) is 38.5 Å². The highest BCUT2D eigenvalue weighted by molar-refractivity contribution is 4.87. The van der Waals surface area contributed by atoms with Gasteiger partial charge in [-0.15, -0.1) is 6.42 Å². The van der Waals surface area contributed by atoms with E-state index in [9.17, 15) is 0 Å². The smallest absolute Gasteiger partial charge is 0.0575 e. The van der Waals surface area contributed by atoms with Gasteiger partial charge in [0.25, 0.3) is 0 Å². The molecule has 1 nitrogen and oxygen atoms in total. The zero-order chi connectivity index (χ0) is 9.94. The number of nitrogens with one attached hydrogen (secondary N) is 1. The SMILES string of the molecule is C#CCN[C@@H](C)CCCCCCC. The van der Waals surface area contributed by atoms with Crippen molar-refractivity contribution in [3.8, 4) is 12.3 Å². The average molecular weight is 181 g/mol. The van der Waals surface area contributed by atoms with E-state index in [0.717, 1.165) is 0 Å². The molecule has 0 radical (unpaired) electrons. The van der Waals surface area contributed by atoms with Gasteiger partial charge in [0.05, 0.1) is 6.54 Å². The lowest BCUT2D eigenvalue weighted by molar-refractivity contribution is 0.501. The van der Waals surface area contributed by atoms with Crippen molar-refractivity contribution >= 4 is 0 Å². The molecule has 0 aliphatic carbocycles. The lowest BCUT2D eigenvalue weighted by Crippen LogP contribution is -2.25. The Bertz CT molecular complexity index is 135. The van der Waals surface area contributed by atoms with Crippen LogP contribution in [0.3, 0.4) is 0 Å². The van der Waals surface area contributed by atoms with Crippen LogP contribution in [0, 0.1) is 12.3 Å². The lowest BCUT2D eigenvalue weighted by Gasteiger charge is -2.10. The zero-order valence-corrected chi connectivity index (χ0v) is 9.10. The van der Waals surface area contributed by atoms with Crippen LogP contribution in [0.1, 0.15) is 52.4 Å². The highest BCUT2D eigenvalue weighted by Crippen LogP contribution is 2.06. The highest BCUT2D eigenvalue weighted by atomic mass is 14.9. The van der Waals surface area contributed by atoms with Crippen LogP contribution < -0.4 is 5.32 Å². The molecule has 1 atom stereocenters. The van der Waals surface area contributed by atoms with Crippen LogP contribution in [0.4, 0.5) is 0 Å². The Hall–Kier alpha value is -0.480. The molecular formula is C12H23N. The first-order chi connectivity index (χ1) is 6.31. The molecule has 0 fully saturated rings. The van der Waals surface area contributed by atoms with Crippen molar-refractivity contribution in [3.63, 3.8) is 0 Å². The first-order valence-corrected chi connectivity index (χ1v) is 5.48. The van der Waals surface area contributed by atoms with E-state index in [4.69, 9.17) is 6.42 Å². The lowest BCUT2D eigenvalue weighted by atomic mass is 10.1. The molecule has 0 aromatic heterocycles. The van der Waals surface area contributed by atoms with Crippen molar-refractivity contribution in [2.24, 2.45) is 0 Å². The number of rotatable bonds is 8. The second-order valence-electron chi connectivity index (χ2n) is 3.69. The van der Waals surface area contributed by atoms with Gasteiger partial charge in [-0.05, 0) is 13.3 Å². The van der Waals surface area contributed by atoms with Crippen molar-refractivity contribution in [2.75, 3.05) is 6.54 Å². The fourth-order valence-corrected chi connectivity index (χ4v) is 1.39. The summed E-state index contributed by atoms with van der Waals surface area (Å²) >= 11 is 0. The standard InChI is InChI=1S/C12H23N/c1-4-6-7-8-9-10-12(3)13-11-5-2/h2,12-13H,4,6-11H2,1,3H3/t12-/m0/s1. The molecule has 1 heteroatoms. The quantitative estimate of drug-likeness (QED) is 0.448. The minimum absolute atomic E-state index is 0.581. The first kappa shape index (κ1) is 12.5.